The number of rotatable bonds is 5. The summed E-state index contributed by atoms with van der Waals surface area (Å²) in [7, 11) is 3.12. The lowest BCUT2D eigenvalue weighted by atomic mass is 9.88. The largest absolute Gasteiger partial charge is 0.493 e. The van der Waals surface area contributed by atoms with Crippen LogP contribution in [0.3, 0.4) is 0 Å². The van der Waals surface area contributed by atoms with Crippen LogP contribution in [0.2, 0.25) is 0 Å². The minimum Gasteiger partial charge on any atom is -0.493 e. The Labute approximate surface area is 178 Å². The van der Waals surface area contributed by atoms with E-state index in [0.29, 0.717) is 22.7 Å². The van der Waals surface area contributed by atoms with Crippen LogP contribution < -0.4 is 14.8 Å². The zero-order valence-electron chi connectivity index (χ0n) is 16.8. The Kier molecular flexibility index (Phi) is 5.22. The second-order valence-electron chi connectivity index (χ2n) is 7.14. The van der Waals surface area contributed by atoms with Crippen molar-refractivity contribution in [1.29, 1.82) is 0 Å². The highest BCUT2D eigenvalue weighted by atomic mass is 32.1. The van der Waals surface area contributed by atoms with E-state index in [0.717, 1.165) is 21.6 Å². The number of thiophene rings is 1. The number of anilines is 1. The van der Waals surface area contributed by atoms with Gasteiger partial charge in [-0.25, -0.2) is 4.79 Å². The Morgan fingerprint density at radius 2 is 1.80 bits per heavy atom. The first kappa shape index (κ1) is 20.0. The molecule has 0 saturated carbocycles. The highest BCUT2D eigenvalue weighted by Gasteiger charge is 2.34. The molecule has 3 aromatic rings. The van der Waals surface area contributed by atoms with E-state index in [1.54, 1.807) is 20.3 Å². The summed E-state index contributed by atoms with van der Waals surface area (Å²) in [5.41, 5.74) is 3.85. The van der Waals surface area contributed by atoms with Crippen LogP contribution in [0.25, 0.3) is 11.1 Å². The maximum absolute atomic E-state index is 12.6. The number of ether oxygens (including phenoxy) is 2. The van der Waals surface area contributed by atoms with Crippen molar-refractivity contribution in [3.8, 4) is 22.6 Å². The quantitative estimate of drug-likeness (QED) is 0.609. The predicted molar refractivity (Wildman–Crippen MR) is 116 cm³/mol. The number of carboxylic acid groups (broad SMARTS) is 1. The molecule has 154 valence electrons. The van der Waals surface area contributed by atoms with Crippen LogP contribution in [0, 0.1) is 6.92 Å². The van der Waals surface area contributed by atoms with Crippen molar-refractivity contribution in [3.05, 3.63) is 63.3 Å². The van der Waals surface area contributed by atoms with Gasteiger partial charge in [-0.05, 0) is 30.2 Å². The van der Waals surface area contributed by atoms with E-state index in [1.165, 1.54) is 11.3 Å². The highest BCUT2D eigenvalue weighted by Crippen LogP contribution is 2.50. The molecule has 0 saturated heterocycles. The lowest BCUT2D eigenvalue weighted by Gasteiger charge is -2.24. The molecule has 1 aliphatic rings. The minimum atomic E-state index is -1.01. The van der Waals surface area contributed by atoms with Gasteiger partial charge in [-0.3, -0.25) is 4.79 Å². The van der Waals surface area contributed by atoms with Gasteiger partial charge in [0.2, 0.25) is 5.91 Å². The number of amides is 1. The summed E-state index contributed by atoms with van der Waals surface area (Å²) in [5.74, 6) is -0.262. The number of benzene rings is 2. The standard InChI is InChI=1S/C23H21NO5S/c1-12-4-6-13(7-5-12)19-20-21(30-22(19)23(26)27)15(11-18(25)24-20)14-8-9-16(28-2)17(10-14)29-3/h4-10,15H,11H2,1-3H3,(H,24,25)(H,26,27)/t15-/m1/s1. The summed E-state index contributed by atoms with van der Waals surface area (Å²) in [6.45, 7) is 1.97. The minimum absolute atomic E-state index is 0.148. The molecule has 0 unspecified atom stereocenters. The molecule has 0 bridgehead atoms. The van der Waals surface area contributed by atoms with E-state index in [4.69, 9.17) is 9.47 Å². The maximum Gasteiger partial charge on any atom is 0.346 e. The van der Waals surface area contributed by atoms with Crippen LogP contribution >= 0.6 is 11.3 Å². The monoisotopic (exact) mass is 423 g/mol. The number of carbonyl (C=O) groups is 2. The topological polar surface area (TPSA) is 84.9 Å². The van der Waals surface area contributed by atoms with Gasteiger partial charge in [0.05, 0.1) is 19.9 Å². The van der Waals surface area contributed by atoms with Crippen LogP contribution in [-0.4, -0.2) is 31.2 Å². The summed E-state index contributed by atoms with van der Waals surface area (Å²) < 4.78 is 10.7. The summed E-state index contributed by atoms with van der Waals surface area (Å²) >= 11 is 1.21. The number of carboxylic acids is 1. The molecule has 2 N–H and O–H groups in total. The predicted octanol–water partition coefficient (Wildman–Crippen LogP) is 4.91. The molecule has 0 radical (unpaired) electrons. The van der Waals surface area contributed by atoms with E-state index in [9.17, 15) is 14.7 Å². The summed E-state index contributed by atoms with van der Waals surface area (Å²) in [6, 6.07) is 13.2. The normalized spacial score (nSPS) is 15.3. The molecule has 2 aromatic carbocycles. The lowest BCUT2D eigenvalue weighted by molar-refractivity contribution is -0.116. The van der Waals surface area contributed by atoms with Crippen molar-refractivity contribution in [1.82, 2.24) is 0 Å². The number of aryl methyl sites for hydroxylation is 1. The molecule has 4 rings (SSSR count). The van der Waals surface area contributed by atoms with E-state index >= 15 is 0 Å². The smallest absolute Gasteiger partial charge is 0.346 e. The van der Waals surface area contributed by atoms with Gasteiger partial charge >= 0.3 is 5.97 Å². The van der Waals surface area contributed by atoms with Gasteiger partial charge in [-0.1, -0.05) is 35.9 Å². The second-order valence-corrected chi connectivity index (χ2v) is 8.19. The molecule has 6 nitrogen and oxygen atoms in total. The number of aromatic carboxylic acids is 1. The maximum atomic E-state index is 12.6. The average molecular weight is 423 g/mol. The Morgan fingerprint density at radius 3 is 2.43 bits per heavy atom. The highest BCUT2D eigenvalue weighted by molar-refractivity contribution is 7.15. The fourth-order valence-corrected chi connectivity index (χ4v) is 5.02. The van der Waals surface area contributed by atoms with Crippen molar-refractivity contribution >= 4 is 28.9 Å². The second kappa shape index (κ2) is 7.84. The van der Waals surface area contributed by atoms with Crippen molar-refractivity contribution in [2.45, 2.75) is 19.3 Å². The lowest BCUT2D eigenvalue weighted by Crippen LogP contribution is -2.22. The molecule has 0 spiro atoms. The molecule has 1 aromatic heterocycles. The van der Waals surface area contributed by atoms with Gasteiger partial charge in [0.1, 0.15) is 4.88 Å². The van der Waals surface area contributed by atoms with E-state index in [-0.39, 0.29) is 23.1 Å². The van der Waals surface area contributed by atoms with Gasteiger partial charge in [0, 0.05) is 22.8 Å². The van der Waals surface area contributed by atoms with Gasteiger partial charge < -0.3 is 19.9 Å². The van der Waals surface area contributed by atoms with Gasteiger partial charge in [-0.15, -0.1) is 11.3 Å². The average Bonchev–Trinajstić information content (AvgIpc) is 3.12. The Morgan fingerprint density at radius 1 is 1.10 bits per heavy atom. The number of fused-ring (bicyclic) bond motifs is 1. The zero-order valence-corrected chi connectivity index (χ0v) is 17.6. The van der Waals surface area contributed by atoms with Crippen LogP contribution in [0.1, 0.15) is 38.0 Å². The fraction of sp³-hybridized carbons (Fsp3) is 0.217. The SMILES string of the molecule is COc1ccc([C@H]2CC(=O)Nc3c2sc(C(=O)O)c3-c2ccc(C)cc2)cc1OC. The number of nitrogens with one attached hydrogen (secondary N) is 1. The molecule has 1 aliphatic heterocycles. The van der Waals surface area contributed by atoms with Gasteiger partial charge in [-0.2, -0.15) is 0 Å². The first-order valence-electron chi connectivity index (χ1n) is 9.41. The number of hydrogen-bond donors (Lipinski definition) is 2. The molecule has 2 heterocycles. The first-order chi connectivity index (χ1) is 14.4. The van der Waals surface area contributed by atoms with Crippen LogP contribution in [0.5, 0.6) is 11.5 Å². The van der Waals surface area contributed by atoms with Crippen LogP contribution in [0.4, 0.5) is 5.69 Å². The number of carbonyl (C=O) groups excluding carboxylic acids is 1. The van der Waals surface area contributed by atoms with Crippen LogP contribution in [0.15, 0.2) is 42.5 Å². The Hall–Kier alpha value is -3.32. The molecular formula is C23H21NO5S. The summed E-state index contributed by atoms with van der Waals surface area (Å²) in [5, 5.41) is 12.8. The first-order valence-corrected chi connectivity index (χ1v) is 10.2. The zero-order chi connectivity index (χ0) is 21.4. The van der Waals surface area contributed by atoms with Crippen molar-refractivity contribution < 1.29 is 24.2 Å². The Bertz CT molecular complexity index is 1130. The molecule has 1 amide bonds. The molecule has 0 fully saturated rings. The molecule has 1 atom stereocenters. The van der Waals surface area contributed by atoms with Gasteiger partial charge in [0.15, 0.2) is 11.5 Å². The van der Waals surface area contributed by atoms with Crippen molar-refractivity contribution in [2.75, 3.05) is 19.5 Å². The van der Waals surface area contributed by atoms with E-state index in [1.807, 2.05) is 43.3 Å². The van der Waals surface area contributed by atoms with Crippen molar-refractivity contribution in [3.63, 3.8) is 0 Å². The third kappa shape index (κ3) is 3.41. The molecule has 30 heavy (non-hydrogen) atoms. The molecule has 0 aliphatic carbocycles. The van der Waals surface area contributed by atoms with Crippen molar-refractivity contribution in [2.24, 2.45) is 0 Å². The summed E-state index contributed by atoms with van der Waals surface area (Å²) in [4.78, 5) is 25.7. The summed E-state index contributed by atoms with van der Waals surface area (Å²) in [6.07, 6.45) is 0.232. The molecular weight excluding hydrogens is 402 g/mol. The fourth-order valence-electron chi connectivity index (χ4n) is 3.77. The van der Waals surface area contributed by atoms with E-state index in [2.05, 4.69) is 5.32 Å². The molecule has 7 heteroatoms. The number of hydrogen-bond acceptors (Lipinski definition) is 5. The third-order valence-electron chi connectivity index (χ3n) is 5.25. The van der Waals surface area contributed by atoms with E-state index < -0.39 is 5.97 Å². The third-order valence-corrected chi connectivity index (χ3v) is 6.54. The number of methoxy groups -OCH3 is 2. The Balaban J connectivity index is 1.90. The van der Waals surface area contributed by atoms with Crippen LogP contribution in [-0.2, 0) is 4.79 Å². The van der Waals surface area contributed by atoms with Gasteiger partial charge in [0.25, 0.3) is 0 Å².